The standard InChI is InChI=1S/C22H24ClFN4O3/c1-29-20-13-19-16(12-21(20)31-8-2-5-28-6-9-30-10-7-28)22(26-14-25-19)27-15-3-4-18(24)17(23)11-15/h3-4,11-14H,2,5-10H2,1H3,(H,25,26,27)/i1D3,12D,13D,14D. The minimum atomic E-state index is -2.93. The lowest BCUT2D eigenvalue weighted by Crippen LogP contribution is -2.37. The van der Waals surface area contributed by atoms with Crippen LogP contribution in [0.5, 0.6) is 11.5 Å². The number of morpholine rings is 1. The highest BCUT2D eigenvalue weighted by atomic mass is 35.5. The molecule has 0 radical (unpaired) electrons. The maximum absolute atomic E-state index is 13.6. The summed E-state index contributed by atoms with van der Waals surface area (Å²) in [6.45, 7) is 3.71. The molecule has 2 heterocycles. The summed E-state index contributed by atoms with van der Waals surface area (Å²) in [4.78, 5) is 10.2. The molecule has 2 aromatic carbocycles. The zero-order chi connectivity index (χ0) is 26.7. The quantitative estimate of drug-likeness (QED) is 0.511. The van der Waals surface area contributed by atoms with Crippen LogP contribution in [0.1, 0.15) is 14.6 Å². The molecule has 1 N–H and O–H groups in total. The van der Waals surface area contributed by atoms with Crippen molar-refractivity contribution in [1.82, 2.24) is 14.9 Å². The van der Waals surface area contributed by atoms with Crippen molar-refractivity contribution in [3.05, 3.63) is 47.4 Å². The smallest absolute Gasteiger partial charge is 0.162 e. The summed E-state index contributed by atoms with van der Waals surface area (Å²) >= 11 is 5.87. The number of benzene rings is 2. The molecule has 0 unspecified atom stereocenters. The Hall–Kier alpha value is -2.68. The molecule has 1 fully saturated rings. The molecule has 9 heteroatoms. The molecule has 0 saturated carbocycles. The zero-order valence-corrected chi connectivity index (χ0v) is 17.3. The van der Waals surface area contributed by atoms with Gasteiger partial charge in [-0.2, -0.15) is 0 Å². The lowest BCUT2D eigenvalue weighted by molar-refractivity contribution is 0.0357. The fourth-order valence-corrected chi connectivity index (χ4v) is 3.33. The Balaban J connectivity index is 1.73. The normalized spacial score (nSPS) is 17.7. The van der Waals surface area contributed by atoms with E-state index in [0.717, 1.165) is 19.2 Å². The fourth-order valence-electron chi connectivity index (χ4n) is 3.15. The molecule has 1 aliphatic rings. The Morgan fingerprint density at radius 1 is 1.29 bits per heavy atom. The van der Waals surface area contributed by atoms with Crippen molar-refractivity contribution in [2.75, 3.05) is 51.8 Å². The van der Waals surface area contributed by atoms with E-state index in [9.17, 15) is 4.39 Å². The van der Waals surface area contributed by atoms with E-state index in [4.69, 9.17) is 34.0 Å². The molecule has 0 aliphatic carbocycles. The summed E-state index contributed by atoms with van der Waals surface area (Å²) < 4.78 is 77.8. The molecular formula is C22H24ClFN4O3. The average molecular weight is 453 g/mol. The molecule has 1 aromatic heterocycles. The van der Waals surface area contributed by atoms with E-state index in [2.05, 4.69) is 20.2 Å². The van der Waals surface area contributed by atoms with Crippen molar-refractivity contribution in [2.24, 2.45) is 0 Å². The molecule has 0 atom stereocenters. The number of halogens is 2. The Labute approximate surface area is 193 Å². The van der Waals surface area contributed by atoms with Gasteiger partial charge in [-0.05, 0) is 30.7 Å². The van der Waals surface area contributed by atoms with E-state index in [-0.39, 0.29) is 40.1 Å². The molecule has 1 saturated heterocycles. The van der Waals surface area contributed by atoms with Gasteiger partial charge >= 0.3 is 0 Å². The second-order valence-corrected chi connectivity index (χ2v) is 7.22. The molecule has 0 spiro atoms. The van der Waals surface area contributed by atoms with Crippen molar-refractivity contribution in [2.45, 2.75) is 6.42 Å². The summed E-state index contributed by atoms with van der Waals surface area (Å²) in [5.41, 5.74) is 0.133. The predicted molar refractivity (Wildman–Crippen MR) is 118 cm³/mol. The van der Waals surface area contributed by atoms with Crippen LogP contribution in [0.4, 0.5) is 15.9 Å². The number of rotatable bonds is 8. The molecule has 4 rings (SSSR count). The van der Waals surface area contributed by atoms with Gasteiger partial charge in [-0.25, -0.2) is 14.4 Å². The lowest BCUT2D eigenvalue weighted by Gasteiger charge is -2.26. The first-order valence-corrected chi connectivity index (χ1v) is 10.1. The van der Waals surface area contributed by atoms with Gasteiger partial charge in [-0.3, -0.25) is 4.90 Å². The van der Waals surface area contributed by atoms with Gasteiger partial charge in [0, 0.05) is 36.8 Å². The largest absolute Gasteiger partial charge is 0.493 e. The Bertz CT molecular complexity index is 1290. The Kier molecular flexibility index (Phi) is 4.94. The van der Waals surface area contributed by atoms with Gasteiger partial charge in [0.2, 0.25) is 0 Å². The van der Waals surface area contributed by atoms with Crippen molar-refractivity contribution in [3.63, 3.8) is 0 Å². The number of hydrogen-bond acceptors (Lipinski definition) is 7. The number of hydrogen-bond donors (Lipinski definition) is 1. The van der Waals surface area contributed by atoms with Crippen LogP contribution >= 0.6 is 11.6 Å². The SMILES string of the molecule is [2H]c1nc(Nc2ccc(F)c(Cl)c2)c2c([2H])c(OCCCN3CCOCC3)c(OC([2H])([2H])[2H])c([2H])c2n1. The highest BCUT2D eigenvalue weighted by molar-refractivity contribution is 6.31. The Morgan fingerprint density at radius 3 is 2.97 bits per heavy atom. The highest BCUT2D eigenvalue weighted by Crippen LogP contribution is 2.35. The summed E-state index contributed by atoms with van der Waals surface area (Å²) in [6.07, 6.45) is 0.0782. The number of methoxy groups -OCH3 is 1. The van der Waals surface area contributed by atoms with Crippen LogP contribution in [0.2, 0.25) is 5.02 Å². The number of aromatic nitrogens is 2. The first kappa shape index (κ1) is 15.2. The monoisotopic (exact) mass is 452 g/mol. The predicted octanol–water partition coefficient (Wildman–Crippen LogP) is 4.28. The highest BCUT2D eigenvalue weighted by Gasteiger charge is 2.14. The first-order chi connectivity index (χ1) is 17.5. The van der Waals surface area contributed by atoms with E-state index in [1.54, 1.807) is 0 Å². The summed E-state index contributed by atoms with van der Waals surface area (Å²) in [5, 5.41) is 2.73. The van der Waals surface area contributed by atoms with Crippen molar-refractivity contribution in [1.29, 1.82) is 0 Å². The number of ether oxygens (including phenoxy) is 3. The zero-order valence-electron chi connectivity index (χ0n) is 22.5. The molecular weight excluding hydrogens is 423 g/mol. The number of fused-ring (bicyclic) bond motifs is 1. The van der Waals surface area contributed by atoms with E-state index in [1.165, 1.54) is 12.1 Å². The average Bonchev–Trinajstić information content (AvgIpc) is 2.83. The molecule has 0 amide bonds. The van der Waals surface area contributed by atoms with E-state index in [1.807, 2.05) is 0 Å². The molecule has 31 heavy (non-hydrogen) atoms. The topological polar surface area (TPSA) is 68.7 Å². The van der Waals surface area contributed by atoms with Gasteiger partial charge in [0.15, 0.2) is 11.5 Å². The summed E-state index contributed by atoms with van der Waals surface area (Å²) in [5.74, 6) is -1.39. The molecule has 1 aliphatic heterocycles. The maximum atomic E-state index is 13.6. The van der Waals surface area contributed by atoms with Crippen LogP contribution in [0.3, 0.4) is 0 Å². The van der Waals surface area contributed by atoms with Crippen molar-refractivity contribution in [3.8, 4) is 11.5 Å². The first-order valence-electron chi connectivity index (χ1n) is 12.7. The second kappa shape index (κ2) is 10.1. The van der Waals surface area contributed by atoms with Gasteiger partial charge in [-0.15, -0.1) is 0 Å². The third kappa shape index (κ3) is 5.33. The van der Waals surface area contributed by atoms with Gasteiger partial charge in [0.05, 0.1) is 44.3 Å². The van der Waals surface area contributed by atoms with Crippen molar-refractivity contribution >= 4 is 34.0 Å². The summed E-state index contributed by atoms with van der Waals surface area (Å²) in [7, 11) is -2.93. The van der Waals surface area contributed by atoms with Gasteiger partial charge in [-0.1, -0.05) is 11.6 Å². The molecule has 3 aromatic rings. The van der Waals surface area contributed by atoms with Gasteiger partial charge in [0.25, 0.3) is 0 Å². The summed E-state index contributed by atoms with van der Waals surface area (Å²) in [6, 6.07) is 3.03. The van der Waals surface area contributed by atoms with Crippen LogP contribution in [-0.4, -0.2) is 61.4 Å². The molecule has 164 valence electrons. The minimum Gasteiger partial charge on any atom is -0.493 e. The van der Waals surface area contributed by atoms with Crippen LogP contribution < -0.4 is 14.8 Å². The van der Waals surface area contributed by atoms with Gasteiger partial charge < -0.3 is 19.5 Å². The third-order valence-corrected chi connectivity index (χ3v) is 5.02. The fraction of sp³-hybridized carbons (Fsp3) is 0.364. The number of anilines is 2. The van der Waals surface area contributed by atoms with Crippen LogP contribution in [0, 0.1) is 5.82 Å². The molecule has 7 nitrogen and oxygen atoms in total. The van der Waals surface area contributed by atoms with Crippen LogP contribution in [0.25, 0.3) is 10.9 Å². The minimum absolute atomic E-state index is 0.00233. The van der Waals surface area contributed by atoms with E-state index < -0.39 is 31.0 Å². The van der Waals surface area contributed by atoms with Crippen molar-refractivity contribution < 1.29 is 26.8 Å². The van der Waals surface area contributed by atoms with Crippen LogP contribution in [-0.2, 0) is 4.74 Å². The Morgan fingerprint density at radius 2 is 2.16 bits per heavy atom. The third-order valence-electron chi connectivity index (χ3n) is 4.73. The number of nitrogens with one attached hydrogen (secondary N) is 1. The van der Waals surface area contributed by atoms with Gasteiger partial charge in [0.1, 0.15) is 19.3 Å². The number of nitrogens with zero attached hydrogens (tertiary/aromatic N) is 3. The maximum Gasteiger partial charge on any atom is 0.162 e. The van der Waals surface area contributed by atoms with E-state index >= 15 is 0 Å². The van der Waals surface area contributed by atoms with E-state index in [0.29, 0.717) is 31.9 Å². The van der Waals surface area contributed by atoms with Crippen LogP contribution in [0.15, 0.2) is 36.6 Å². The lowest BCUT2D eigenvalue weighted by atomic mass is 10.2. The molecule has 0 bridgehead atoms. The second-order valence-electron chi connectivity index (χ2n) is 6.82.